The second kappa shape index (κ2) is 4.97. The minimum atomic E-state index is -0.934. The molecule has 3 aromatic rings. The van der Waals surface area contributed by atoms with Gasteiger partial charge in [0.1, 0.15) is 11.6 Å². The van der Waals surface area contributed by atoms with E-state index in [1.807, 2.05) is 0 Å². The highest BCUT2D eigenvalue weighted by Crippen LogP contribution is 2.23. The van der Waals surface area contributed by atoms with E-state index in [-0.39, 0.29) is 12.0 Å². The maximum absolute atomic E-state index is 13.6. The second-order valence-corrected chi connectivity index (χ2v) is 4.46. The molecule has 1 atom stereocenters. The van der Waals surface area contributed by atoms with E-state index in [2.05, 4.69) is 10.1 Å². The van der Waals surface area contributed by atoms with Crippen LogP contribution in [-0.2, 0) is 6.42 Å². The maximum atomic E-state index is 13.6. The molecule has 2 aromatic heterocycles. The summed E-state index contributed by atoms with van der Waals surface area (Å²) in [6, 6.07) is 3.31. The first-order chi connectivity index (χ1) is 9.65. The first kappa shape index (κ1) is 12.7. The first-order valence-electron chi connectivity index (χ1n) is 6.04. The molecule has 0 saturated carbocycles. The van der Waals surface area contributed by atoms with Gasteiger partial charge in [-0.1, -0.05) is 6.07 Å². The Morgan fingerprint density at radius 3 is 2.90 bits per heavy atom. The van der Waals surface area contributed by atoms with Crippen LogP contribution in [0.2, 0.25) is 0 Å². The van der Waals surface area contributed by atoms with Crippen LogP contribution in [-0.4, -0.2) is 19.7 Å². The fourth-order valence-corrected chi connectivity index (χ4v) is 2.11. The largest absolute Gasteiger partial charge is 0.388 e. The van der Waals surface area contributed by atoms with Gasteiger partial charge >= 0.3 is 0 Å². The molecule has 0 amide bonds. The highest BCUT2D eigenvalue weighted by molar-refractivity contribution is 5.52. The summed E-state index contributed by atoms with van der Waals surface area (Å²) in [5, 5.41) is 14.3. The molecule has 3 rings (SSSR count). The van der Waals surface area contributed by atoms with Crippen molar-refractivity contribution in [2.45, 2.75) is 12.5 Å². The molecule has 0 aliphatic rings. The SMILES string of the molecule is OC(Cc1ccc(F)cc1F)c1cnn2ccncc12. The van der Waals surface area contributed by atoms with E-state index in [1.54, 1.807) is 23.1 Å². The Balaban J connectivity index is 1.91. The molecule has 1 unspecified atom stereocenters. The lowest BCUT2D eigenvalue weighted by atomic mass is 10.0. The zero-order valence-electron chi connectivity index (χ0n) is 10.4. The summed E-state index contributed by atoms with van der Waals surface area (Å²) in [5.74, 6) is -1.31. The number of aromatic nitrogens is 3. The fourth-order valence-electron chi connectivity index (χ4n) is 2.11. The predicted octanol–water partition coefficient (Wildman–Crippen LogP) is 2.28. The molecule has 20 heavy (non-hydrogen) atoms. The van der Waals surface area contributed by atoms with Crippen molar-refractivity contribution in [3.63, 3.8) is 0 Å². The number of hydrogen-bond donors (Lipinski definition) is 1. The van der Waals surface area contributed by atoms with Crippen molar-refractivity contribution in [2.75, 3.05) is 0 Å². The van der Waals surface area contributed by atoms with E-state index in [0.29, 0.717) is 11.1 Å². The van der Waals surface area contributed by atoms with E-state index in [4.69, 9.17) is 0 Å². The van der Waals surface area contributed by atoms with Gasteiger partial charge in [0.05, 0.1) is 24.0 Å². The minimum Gasteiger partial charge on any atom is -0.388 e. The third-order valence-corrected chi connectivity index (χ3v) is 3.14. The Labute approximate surface area is 113 Å². The monoisotopic (exact) mass is 275 g/mol. The van der Waals surface area contributed by atoms with Crippen LogP contribution >= 0.6 is 0 Å². The number of fused-ring (bicyclic) bond motifs is 1. The summed E-state index contributed by atoms with van der Waals surface area (Å²) < 4.78 is 28.0. The van der Waals surface area contributed by atoms with Crippen molar-refractivity contribution >= 4 is 5.52 Å². The van der Waals surface area contributed by atoms with Gasteiger partial charge < -0.3 is 5.11 Å². The zero-order valence-corrected chi connectivity index (χ0v) is 10.4. The summed E-state index contributed by atoms with van der Waals surface area (Å²) in [7, 11) is 0. The minimum absolute atomic E-state index is 0.0440. The molecule has 2 heterocycles. The third-order valence-electron chi connectivity index (χ3n) is 3.14. The fraction of sp³-hybridized carbons (Fsp3) is 0.143. The molecule has 1 N–H and O–H groups in total. The van der Waals surface area contributed by atoms with Gasteiger partial charge in [-0.15, -0.1) is 0 Å². The molecule has 0 radical (unpaired) electrons. The molecule has 0 spiro atoms. The van der Waals surface area contributed by atoms with E-state index in [9.17, 15) is 13.9 Å². The molecule has 0 aliphatic carbocycles. The average molecular weight is 275 g/mol. The van der Waals surface area contributed by atoms with Crippen LogP contribution in [0.5, 0.6) is 0 Å². The van der Waals surface area contributed by atoms with Gasteiger partial charge in [-0.2, -0.15) is 5.10 Å². The van der Waals surface area contributed by atoms with E-state index in [0.717, 1.165) is 6.07 Å². The van der Waals surface area contributed by atoms with Gasteiger partial charge in [-0.25, -0.2) is 13.3 Å². The van der Waals surface area contributed by atoms with Crippen molar-refractivity contribution in [3.05, 3.63) is 65.7 Å². The van der Waals surface area contributed by atoms with Crippen LogP contribution in [0.15, 0.2) is 43.0 Å². The summed E-state index contributed by atoms with van der Waals surface area (Å²) in [6.45, 7) is 0. The Kier molecular flexibility index (Phi) is 3.15. The van der Waals surface area contributed by atoms with Crippen LogP contribution < -0.4 is 0 Å². The summed E-state index contributed by atoms with van der Waals surface area (Å²) in [4.78, 5) is 3.97. The Bertz CT molecular complexity index is 757. The highest BCUT2D eigenvalue weighted by atomic mass is 19.1. The summed E-state index contributed by atoms with van der Waals surface area (Å²) >= 11 is 0. The number of benzene rings is 1. The van der Waals surface area contributed by atoms with Gasteiger partial charge in [-0.05, 0) is 11.6 Å². The highest BCUT2D eigenvalue weighted by Gasteiger charge is 2.16. The molecule has 0 saturated heterocycles. The maximum Gasteiger partial charge on any atom is 0.129 e. The topological polar surface area (TPSA) is 50.4 Å². The van der Waals surface area contributed by atoms with E-state index in [1.165, 1.54) is 18.3 Å². The van der Waals surface area contributed by atoms with Crippen molar-refractivity contribution in [1.29, 1.82) is 0 Å². The predicted molar refractivity (Wildman–Crippen MR) is 68.0 cm³/mol. The van der Waals surface area contributed by atoms with Crippen LogP contribution in [0.4, 0.5) is 8.78 Å². The van der Waals surface area contributed by atoms with Crippen molar-refractivity contribution in [2.24, 2.45) is 0 Å². The molecule has 102 valence electrons. The second-order valence-electron chi connectivity index (χ2n) is 4.46. The van der Waals surface area contributed by atoms with Gasteiger partial charge in [0.2, 0.25) is 0 Å². The van der Waals surface area contributed by atoms with E-state index >= 15 is 0 Å². The molecular formula is C14H11F2N3O. The third kappa shape index (κ3) is 2.25. The molecule has 4 nitrogen and oxygen atoms in total. The van der Waals surface area contributed by atoms with Crippen LogP contribution in [0.3, 0.4) is 0 Å². The van der Waals surface area contributed by atoms with Crippen molar-refractivity contribution in [3.8, 4) is 0 Å². The smallest absolute Gasteiger partial charge is 0.129 e. The lowest BCUT2D eigenvalue weighted by molar-refractivity contribution is 0.178. The normalized spacial score (nSPS) is 12.8. The molecular weight excluding hydrogens is 264 g/mol. The van der Waals surface area contributed by atoms with Gasteiger partial charge in [-0.3, -0.25) is 4.98 Å². The van der Waals surface area contributed by atoms with E-state index < -0.39 is 17.7 Å². The molecule has 6 heteroatoms. The Morgan fingerprint density at radius 2 is 2.10 bits per heavy atom. The number of rotatable bonds is 3. The van der Waals surface area contributed by atoms with Gasteiger partial charge in [0.15, 0.2) is 0 Å². The lowest BCUT2D eigenvalue weighted by Crippen LogP contribution is -2.04. The van der Waals surface area contributed by atoms with Gasteiger partial charge in [0.25, 0.3) is 0 Å². The Morgan fingerprint density at radius 1 is 1.25 bits per heavy atom. The number of nitrogens with zero attached hydrogens (tertiary/aromatic N) is 3. The molecule has 0 bridgehead atoms. The molecule has 1 aromatic carbocycles. The number of aliphatic hydroxyl groups is 1. The van der Waals surface area contributed by atoms with Crippen LogP contribution in [0, 0.1) is 11.6 Å². The van der Waals surface area contributed by atoms with Crippen molar-refractivity contribution < 1.29 is 13.9 Å². The summed E-state index contributed by atoms with van der Waals surface area (Å²) in [6.07, 6.45) is 5.44. The van der Waals surface area contributed by atoms with Crippen LogP contribution in [0.1, 0.15) is 17.2 Å². The summed E-state index contributed by atoms with van der Waals surface area (Å²) in [5.41, 5.74) is 1.46. The quantitative estimate of drug-likeness (QED) is 0.798. The number of hydrogen-bond acceptors (Lipinski definition) is 3. The zero-order chi connectivity index (χ0) is 14.1. The standard InChI is InChI=1S/C14H11F2N3O/c15-10-2-1-9(12(16)6-10)5-14(20)11-7-18-19-4-3-17-8-13(11)19/h1-4,6-8,14,20H,5H2. The van der Waals surface area contributed by atoms with Crippen molar-refractivity contribution in [1.82, 2.24) is 14.6 Å². The molecule has 0 aliphatic heterocycles. The molecule has 0 fully saturated rings. The average Bonchev–Trinajstić information content (AvgIpc) is 2.86. The number of aliphatic hydroxyl groups excluding tert-OH is 1. The number of halogens is 2. The van der Waals surface area contributed by atoms with Crippen LogP contribution in [0.25, 0.3) is 5.52 Å². The first-order valence-corrected chi connectivity index (χ1v) is 6.04. The Hall–Kier alpha value is -2.34. The lowest BCUT2D eigenvalue weighted by Gasteiger charge is -2.10. The van der Waals surface area contributed by atoms with Gasteiger partial charge in [0, 0.05) is 30.4 Å².